The fourth-order valence-corrected chi connectivity index (χ4v) is 4.05. The Kier molecular flexibility index (Phi) is 5.24. The molecule has 0 atom stereocenters. The number of hydrogen-bond acceptors (Lipinski definition) is 5. The third kappa shape index (κ3) is 4.18. The van der Waals surface area contributed by atoms with Crippen molar-refractivity contribution in [1.29, 1.82) is 0 Å². The standard InChI is InChI=1S/C22H19N3O4S/c1-16-6-5-13-25-21(26)14-18(23-22(16)25)15-29-19-11-9-17(10-12-19)24-30(27,28)20-7-3-2-4-8-20/h2-14,24H,15H2,1H3. The van der Waals surface area contributed by atoms with Crippen LogP contribution < -0.4 is 15.0 Å². The lowest BCUT2D eigenvalue weighted by atomic mass is 10.3. The molecule has 0 saturated heterocycles. The van der Waals surface area contributed by atoms with Gasteiger partial charge in [-0.3, -0.25) is 13.9 Å². The van der Waals surface area contributed by atoms with Gasteiger partial charge in [-0.15, -0.1) is 0 Å². The SMILES string of the molecule is Cc1cccn2c(=O)cc(COc3ccc(NS(=O)(=O)c4ccccc4)cc3)nc12. The van der Waals surface area contributed by atoms with Gasteiger partial charge in [0.15, 0.2) is 0 Å². The van der Waals surface area contributed by atoms with Crippen LogP contribution in [0.2, 0.25) is 0 Å². The summed E-state index contributed by atoms with van der Waals surface area (Å²) in [6.45, 7) is 2.01. The van der Waals surface area contributed by atoms with Gasteiger partial charge >= 0.3 is 0 Å². The molecule has 0 radical (unpaired) electrons. The van der Waals surface area contributed by atoms with E-state index in [1.54, 1.807) is 54.7 Å². The molecular formula is C22H19N3O4S. The van der Waals surface area contributed by atoms with Crippen molar-refractivity contribution < 1.29 is 13.2 Å². The van der Waals surface area contributed by atoms with E-state index in [0.717, 1.165) is 5.56 Å². The van der Waals surface area contributed by atoms with Crippen LogP contribution in [0.5, 0.6) is 5.75 Å². The number of nitrogens with one attached hydrogen (secondary N) is 1. The average molecular weight is 421 g/mol. The minimum atomic E-state index is -3.65. The molecule has 7 nitrogen and oxygen atoms in total. The highest BCUT2D eigenvalue weighted by molar-refractivity contribution is 7.92. The predicted octanol–water partition coefficient (Wildman–Crippen LogP) is 3.38. The van der Waals surface area contributed by atoms with E-state index in [1.807, 2.05) is 13.0 Å². The largest absolute Gasteiger partial charge is 0.487 e. The number of hydrogen-bond donors (Lipinski definition) is 1. The molecule has 0 unspecified atom stereocenters. The van der Waals surface area contributed by atoms with Crippen LogP contribution in [0.4, 0.5) is 5.69 Å². The zero-order chi connectivity index (χ0) is 21.1. The number of ether oxygens (including phenoxy) is 1. The quantitative estimate of drug-likeness (QED) is 0.515. The summed E-state index contributed by atoms with van der Waals surface area (Å²) in [6.07, 6.45) is 1.68. The fraction of sp³-hybridized carbons (Fsp3) is 0.0909. The van der Waals surface area contributed by atoms with Crippen LogP contribution in [-0.2, 0) is 16.6 Å². The van der Waals surface area contributed by atoms with Gasteiger partial charge in [0, 0.05) is 18.0 Å². The van der Waals surface area contributed by atoms with Gasteiger partial charge in [-0.05, 0) is 55.0 Å². The summed E-state index contributed by atoms with van der Waals surface area (Å²) in [6, 6.07) is 19.8. The van der Waals surface area contributed by atoms with E-state index in [2.05, 4.69) is 9.71 Å². The van der Waals surface area contributed by atoms with Gasteiger partial charge in [0.2, 0.25) is 0 Å². The first-order valence-corrected chi connectivity index (χ1v) is 10.7. The van der Waals surface area contributed by atoms with Crippen LogP contribution in [-0.4, -0.2) is 17.8 Å². The molecule has 30 heavy (non-hydrogen) atoms. The topological polar surface area (TPSA) is 89.8 Å². The average Bonchev–Trinajstić information content (AvgIpc) is 2.74. The third-order valence-corrected chi connectivity index (χ3v) is 5.88. The minimum absolute atomic E-state index is 0.120. The van der Waals surface area contributed by atoms with Gasteiger partial charge in [0.1, 0.15) is 18.0 Å². The summed E-state index contributed by atoms with van der Waals surface area (Å²) in [7, 11) is -3.65. The maximum absolute atomic E-state index is 12.4. The Morgan fingerprint density at radius 2 is 1.73 bits per heavy atom. The van der Waals surface area contributed by atoms with E-state index in [1.165, 1.54) is 22.6 Å². The summed E-state index contributed by atoms with van der Waals surface area (Å²) >= 11 is 0. The Morgan fingerprint density at radius 1 is 1.00 bits per heavy atom. The Bertz CT molecular complexity index is 1350. The smallest absolute Gasteiger partial charge is 0.261 e. The van der Waals surface area contributed by atoms with Crippen molar-refractivity contribution >= 4 is 21.4 Å². The molecule has 8 heteroatoms. The molecule has 2 aromatic heterocycles. The highest BCUT2D eigenvalue weighted by Gasteiger charge is 2.13. The lowest BCUT2D eigenvalue weighted by Crippen LogP contribution is -2.17. The van der Waals surface area contributed by atoms with Gasteiger partial charge in [-0.2, -0.15) is 0 Å². The van der Waals surface area contributed by atoms with Crippen LogP contribution in [0.25, 0.3) is 5.65 Å². The van der Waals surface area contributed by atoms with Gasteiger partial charge in [0.25, 0.3) is 15.6 Å². The second kappa shape index (κ2) is 8.00. The number of fused-ring (bicyclic) bond motifs is 1. The highest BCUT2D eigenvalue weighted by atomic mass is 32.2. The molecule has 2 heterocycles. The maximum atomic E-state index is 12.4. The van der Waals surface area contributed by atoms with Crippen molar-refractivity contribution in [3.8, 4) is 5.75 Å². The predicted molar refractivity (Wildman–Crippen MR) is 114 cm³/mol. The summed E-state index contributed by atoms with van der Waals surface area (Å²) in [4.78, 5) is 16.9. The van der Waals surface area contributed by atoms with Gasteiger partial charge < -0.3 is 4.74 Å². The monoisotopic (exact) mass is 421 g/mol. The van der Waals surface area contributed by atoms with Crippen molar-refractivity contribution in [3.05, 3.63) is 101 Å². The number of rotatable bonds is 6. The van der Waals surface area contributed by atoms with E-state index >= 15 is 0 Å². The van der Waals surface area contributed by atoms with E-state index in [0.29, 0.717) is 22.8 Å². The van der Waals surface area contributed by atoms with Crippen LogP contribution in [0.15, 0.2) is 88.7 Å². The molecule has 0 spiro atoms. The number of aryl methyl sites for hydroxylation is 1. The molecule has 0 aliphatic rings. The lowest BCUT2D eigenvalue weighted by molar-refractivity contribution is 0.301. The molecule has 0 aliphatic carbocycles. The first kappa shape index (κ1) is 19.7. The molecular weight excluding hydrogens is 402 g/mol. The molecule has 1 N–H and O–H groups in total. The summed E-state index contributed by atoms with van der Waals surface area (Å²) < 4.78 is 34.5. The van der Waals surface area contributed by atoms with Crippen LogP contribution in [0.3, 0.4) is 0 Å². The molecule has 0 bridgehead atoms. The summed E-state index contributed by atoms with van der Waals surface area (Å²) in [5.41, 5.74) is 2.25. The van der Waals surface area contributed by atoms with Crippen LogP contribution >= 0.6 is 0 Å². The van der Waals surface area contributed by atoms with Crippen molar-refractivity contribution in [2.24, 2.45) is 0 Å². The number of anilines is 1. The van der Waals surface area contributed by atoms with Crippen molar-refractivity contribution in [3.63, 3.8) is 0 Å². The molecule has 4 rings (SSSR count). The van der Waals surface area contributed by atoms with E-state index in [4.69, 9.17) is 4.74 Å². The molecule has 0 fully saturated rings. The second-order valence-corrected chi connectivity index (χ2v) is 8.38. The molecule has 152 valence electrons. The van der Waals surface area contributed by atoms with E-state index in [-0.39, 0.29) is 17.1 Å². The Hall–Kier alpha value is -3.65. The highest BCUT2D eigenvalue weighted by Crippen LogP contribution is 2.20. The van der Waals surface area contributed by atoms with Crippen molar-refractivity contribution in [2.75, 3.05) is 4.72 Å². The number of nitrogens with zero attached hydrogens (tertiary/aromatic N) is 2. The van der Waals surface area contributed by atoms with Crippen molar-refractivity contribution in [2.45, 2.75) is 18.4 Å². The van der Waals surface area contributed by atoms with Gasteiger partial charge in [0.05, 0.1) is 10.6 Å². The summed E-state index contributed by atoms with van der Waals surface area (Å²) in [5.74, 6) is 0.532. The zero-order valence-electron chi connectivity index (χ0n) is 16.1. The Labute approximate surface area is 173 Å². The molecule has 0 aliphatic heterocycles. The third-order valence-electron chi connectivity index (χ3n) is 4.49. The van der Waals surface area contributed by atoms with Crippen molar-refractivity contribution in [1.82, 2.24) is 9.38 Å². The fourth-order valence-electron chi connectivity index (χ4n) is 2.97. The number of sulfonamides is 1. The number of pyridine rings is 1. The second-order valence-electron chi connectivity index (χ2n) is 6.70. The Balaban J connectivity index is 1.46. The normalized spacial score (nSPS) is 11.4. The molecule has 4 aromatic rings. The summed E-state index contributed by atoms with van der Waals surface area (Å²) in [5, 5.41) is 0. The first-order valence-electron chi connectivity index (χ1n) is 9.21. The molecule has 0 amide bonds. The zero-order valence-corrected chi connectivity index (χ0v) is 17.0. The minimum Gasteiger partial charge on any atom is -0.487 e. The van der Waals surface area contributed by atoms with E-state index < -0.39 is 10.0 Å². The first-order chi connectivity index (χ1) is 14.4. The van der Waals surface area contributed by atoms with E-state index in [9.17, 15) is 13.2 Å². The van der Waals surface area contributed by atoms with Gasteiger partial charge in [-0.1, -0.05) is 24.3 Å². The lowest BCUT2D eigenvalue weighted by Gasteiger charge is -2.10. The number of aromatic nitrogens is 2. The van der Waals surface area contributed by atoms with Crippen LogP contribution in [0.1, 0.15) is 11.3 Å². The van der Waals surface area contributed by atoms with Crippen LogP contribution in [0, 0.1) is 6.92 Å². The number of benzene rings is 2. The molecule has 0 saturated carbocycles. The Morgan fingerprint density at radius 3 is 2.47 bits per heavy atom. The van der Waals surface area contributed by atoms with Gasteiger partial charge in [-0.25, -0.2) is 13.4 Å². The molecule has 2 aromatic carbocycles. The maximum Gasteiger partial charge on any atom is 0.261 e.